The molecule has 4 heteroatoms. The van der Waals surface area contributed by atoms with Crippen LogP contribution in [-0.2, 0) is 9.59 Å². The van der Waals surface area contributed by atoms with Gasteiger partial charge in [-0.2, -0.15) is 0 Å². The molecule has 14 heavy (non-hydrogen) atoms. The van der Waals surface area contributed by atoms with Crippen molar-refractivity contribution in [1.29, 1.82) is 0 Å². The lowest BCUT2D eigenvalue weighted by Crippen LogP contribution is -2.56. The van der Waals surface area contributed by atoms with Crippen LogP contribution in [0.3, 0.4) is 0 Å². The summed E-state index contributed by atoms with van der Waals surface area (Å²) < 4.78 is 0. The summed E-state index contributed by atoms with van der Waals surface area (Å²) in [6.45, 7) is 3.34. The molecule has 1 aliphatic rings. The second kappa shape index (κ2) is 3.98. The average molecular weight is 199 g/mol. The quantitative estimate of drug-likeness (QED) is 0.716. The molecule has 0 spiro atoms. The molecule has 1 rings (SSSR count). The standard InChI is InChI=1S/C10H17NO3/c1-3-8-5-4-6-10(8,9(13)14)11-7(2)12/h8H,3-6H2,1-2H3,(H,11,12)(H,13,14). The lowest BCUT2D eigenvalue weighted by molar-refractivity contribution is -0.149. The lowest BCUT2D eigenvalue weighted by atomic mass is 9.85. The van der Waals surface area contributed by atoms with Crippen molar-refractivity contribution in [2.24, 2.45) is 5.92 Å². The minimum atomic E-state index is -0.999. The fourth-order valence-electron chi connectivity index (χ4n) is 2.44. The molecule has 1 fully saturated rings. The topological polar surface area (TPSA) is 66.4 Å². The average Bonchev–Trinajstić information content (AvgIpc) is 2.47. The van der Waals surface area contributed by atoms with Gasteiger partial charge in [0.05, 0.1) is 0 Å². The van der Waals surface area contributed by atoms with Gasteiger partial charge in [-0.1, -0.05) is 19.8 Å². The van der Waals surface area contributed by atoms with Gasteiger partial charge in [-0.3, -0.25) is 4.79 Å². The van der Waals surface area contributed by atoms with Gasteiger partial charge in [-0.05, 0) is 18.8 Å². The minimum absolute atomic E-state index is 0.0731. The molecule has 0 aliphatic heterocycles. The first-order valence-electron chi connectivity index (χ1n) is 5.05. The van der Waals surface area contributed by atoms with E-state index in [0.29, 0.717) is 6.42 Å². The van der Waals surface area contributed by atoms with Crippen molar-refractivity contribution in [2.75, 3.05) is 0 Å². The molecule has 0 aromatic heterocycles. The molecule has 2 unspecified atom stereocenters. The van der Waals surface area contributed by atoms with Crippen molar-refractivity contribution in [3.8, 4) is 0 Å². The molecule has 80 valence electrons. The summed E-state index contributed by atoms with van der Waals surface area (Å²) in [5, 5.41) is 11.8. The molecule has 0 bridgehead atoms. The Morgan fingerprint density at radius 3 is 2.64 bits per heavy atom. The van der Waals surface area contributed by atoms with Crippen molar-refractivity contribution < 1.29 is 14.7 Å². The monoisotopic (exact) mass is 199 g/mol. The second-order valence-electron chi connectivity index (χ2n) is 3.96. The number of amides is 1. The van der Waals surface area contributed by atoms with Crippen LogP contribution in [0, 0.1) is 5.92 Å². The van der Waals surface area contributed by atoms with Gasteiger partial charge in [0.25, 0.3) is 0 Å². The largest absolute Gasteiger partial charge is 0.479 e. The normalized spacial score (nSPS) is 31.4. The molecule has 1 saturated carbocycles. The highest BCUT2D eigenvalue weighted by atomic mass is 16.4. The van der Waals surface area contributed by atoms with Gasteiger partial charge < -0.3 is 10.4 Å². The van der Waals surface area contributed by atoms with Crippen molar-refractivity contribution in [3.63, 3.8) is 0 Å². The number of hydrogen-bond donors (Lipinski definition) is 2. The number of carboxylic acids is 1. The molecule has 4 nitrogen and oxygen atoms in total. The Morgan fingerprint density at radius 2 is 2.21 bits per heavy atom. The summed E-state index contributed by atoms with van der Waals surface area (Å²) in [4.78, 5) is 22.2. The number of carbonyl (C=O) groups excluding carboxylic acids is 1. The Morgan fingerprint density at radius 1 is 1.57 bits per heavy atom. The zero-order valence-corrected chi connectivity index (χ0v) is 8.67. The Labute approximate surface area is 83.7 Å². The van der Waals surface area contributed by atoms with Crippen LogP contribution in [0.25, 0.3) is 0 Å². The van der Waals surface area contributed by atoms with E-state index in [0.717, 1.165) is 19.3 Å². The first-order chi connectivity index (χ1) is 6.53. The van der Waals surface area contributed by atoms with Gasteiger partial charge in [-0.15, -0.1) is 0 Å². The van der Waals surface area contributed by atoms with Crippen LogP contribution < -0.4 is 5.32 Å². The number of carboxylic acid groups (broad SMARTS) is 1. The first kappa shape index (κ1) is 11.0. The zero-order chi connectivity index (χ0) is 10.8. The predicted octanol–water partition coefficient (Wildman–Crippen LogP) is 1.16. The van der Waals surface area contributed by atoms with Crippen LogP contribution in [0.1, 0.15) is 39.5 Å². The van der Waals surface area contributed by atoms with Crippen LogP contribution in [0.2, 0.25) is 0 Å². The van der Waals surface area contributed by atoms with Crippen LogP contribution in [-0.4, -0.2) is 22.5 Å². The molecule has 2 N–H and O–H groups in total. The third kappa shape index (κ3) is 1.74. The lowest BCUT2D eigenvalue weighted by Gasteiger charge is -2.31. The van der Waals surface area contributed by atoms with E-state index < -0.39 is 11.5 Å². The highest BCUT2D eigenvalue weighted by molar-refractivity contribution is 5.86. The van der Waals surface area contributed by atoms with Crippen LogP contribution >= 0.6 is 0 Å². The SMILES string of the molecule is CCC1CCCC1(NC(C)=O)C(=O)O. The third-order valence-corrected chi connectivity index (χ3v) is 3.09. The molecule has 0 saturated heterocycles. The summed E-state index contributed by atoms with van der Waals surface area (Å²) in [7, 11) is 0. The summed E-state index contributed by atoms with van der Waals surface area (Å²) in [6, 6.07) is 0. The van der Waals surface area contributed by atoms with E-state index in [1.165, 1.54) is 6.92 Å². The van der Waals surface area contributed by atoms with E-state index in [4.69, 9.17) is 0 Å². The molecule has 1 aliphatic carbocycles. The summed E-state index contributed by atoms with van der Waals surface area (Å²) >= 11 is 0. The van der Waals surface area contributed by atoms with Gasteiger partial charge in [0.15, 0.2) is 0 Å². The first-order valence-corrected chi connectivity index (χ1v) is 5.05. The molecule has 0 radical (unpaired) electrons. The van der Waals surface area contributed by atoms with Gasteiger partial charge in [0.1, 0.15) is 5.54 Å². The van der Waals surface area contributed by atoms with E-state index >= 15 is 0 Å². The highest BCUT2D eigenvalue weighted by Gasteiger charge is 2.48. The van der Waals surface area contributed by atoms with Crippen molar-refractivity contribution in [3.05, 3.63) is 0 Å². The molecular weight excluding hydrogens is 182 g/mol. The van der Waals surface area contributed by atoms with E-state index in [9.17, 15) is 14.7 Å². The van der Waals surface area contributed by atoms with Gasteiger partial charge >= 0.3 is 5.97 Å². The van der Waals surface area contributed by atoms with Gasteiger partial charge in [-0.25, -0.2) is 4.79 Å². The maximum Gasteiger partial charge on any atom is 0.329 e. The van der Waals surface area contributed by atoms with Gasteiger partial charge in [0, 0.05) is 6.92 Å². The van der Waals surface area contributed by atoms with Crippen molar-refractivity contribution in [2.45, 2.75) is 45.1 Å². The Hall–Kier alpha value is -1.06. The number of rotatable bonds is 3. The maximum absolute atomic E-state index is 11.2. The fourth-order valence-corrected chi connectivity index (χ4v) is 2.44. The molecule has 0 aromatic rings. The Bertz CT molecular complexity index is 252. The number of nitrogens with one attached hydrogen (secondary N) is 1. The van der Waals surface area contributed by atoms with Gasteiger partial charge in [0.2, 0.25) is 5.91 Å². The second-order valence-corrected chi connectivity index (χ2v) is 3.96. The smallest absolute Gasteiger partial charge is 0.329 e. The molecule has 2 atom stereocenters. The Kier molecular flexibility index (Phi) is 3.13. The van der Waals surface area contributed by atoms with Crippen LogP contribution in [0.4, 0.5) is 0 Å². The third-order valence-electron chi connectivity index (χ3n) is 3.09. The van der Waals surface area contributed by atoms with E-state index in [1.54, 1.807) is 0 Å². The summed E-state index contributed by atoms with van der Waals surface area (Å²) in [5.41, 5.74) is -0.999. The maximum atomic E-state index is 11.2. The number of aliphatic carboxylic acids is 1. The predicted molar refractivity (Wildman–Crippen MR) is 51.8 cm³/mol. The Balaban J connectivity index is 2.90. The molecular formula is C10H17NO3. The van der Waals surface area contributed by atoms with E-state index in [2.05, 4.69) is 5.32 Å². The van der Waals surface area contributed by atoms with Crippen molar-refractivity contribution >= 4 is 11.9 Å². The fraction of sp³-hybridized carbons (Fsp3) is 0.800. The summed E-state index contributed by atoms with van der Waals surface area (Å²) in [5.74, 6) is -1.08. The van der Waals surface area contributed by atoms with E-state index in [1.807, 2.05) is 6.92 Å². The minimum Gasteiger partial charge on any atom is -0.479 e. The highest BCUT2D eigenvalue weighted by Crippen LogP contribution is 2.38. The van der Waals surface area contributed by atoms with Crippen molar-refractivity contribution in [1.82, 2.24) is 5.32 Å². The zero-order valence-electron chi connectivity index (χ0n) is 8.67. The van der Waals surface area contributed by atoms with Crippen LogP contribution in [0.5, 0.6) is 0 Å². The number of carbonyl (C=O) groups is 2. The van der Waals surface area contributed by atoms with E-state index in [-0.39, 0.29) is 11.8 Å². The molecule has 1 amide bonds. The molecule has 0 aromatic carbocycles. The number of hydrogen-bond acceptors (Lipinski definition) is 2. The summed E-state index contributed by atoms with van der Waals surface area (Å²) in [6.07, 6.45) is 3.13. The van der Waals surface area contributed by atoms with Crippen LogP contribution in [0.15, 0.2) is 0 Å². The molecule has 0 heterocycles.